The molecule has 2 aromatic heterocycles. The van der Waals surface area contributed by atoms with Crippen molar-refractivity contribution in [3.63, 3.8) is 0 Å². The molecular weight excluding hydrogens is 326 g/mol. The summed E-state index contributed by atoms with van der Waals surface area (Å²) in [7, 11) is 0. The van der Waals surface area contributed by atoms with Crippen molar-refractivity contribution in [1.29, 1.82) is 0 Å². The number of nitrogens with one attached hydrogen (secondary N) is 1. The van der Waals surface area contributed by atoms with Crippen LogP contribution in [0.15, 0.2) is 26.4 Å². The van der Waals surface area contributed by atoms with Gasteiger partial charge in [-0.15, -0.1) is 10.2 Å². The van der Waals surface area contributed by atoms with Crippen LogP contribution in [0, 0.1) is 12.8 Å². The van der Waals surface area contributed by atoms with Gasteiger partial charge in [0, 0.05) is 6.04 Å². The van der Waals surface area contributed by atoms with E-state index in [0.717, 1.165) is 24.2 Å². The fraction of sp³-hybridized carbons (Fsp3) is 0.588. The second-order valence-electron chi connectivity index (χ2n) is 6.35. The zero-order valence-electron chi connectivity index (χ0n) is 14.7. The summed E-state index contributed by atoms with van der Waals surface area (Å²) in [4.78, 5) is 12.0. The van der Waals surface area contributed by atoms with Gasteiger partial charge in [0.2, 0.25) is 5.91 Å². The Hall–Kier alpha value is -1.76. The van der Waals surface area contributed by atoms with E-state index in [1.807, 2.05) is 13.8 Å². The van der Waals surface area contributed by atoms with Gasteiger partial charge in [0.05, 0.1) is 17.6 Å². The molecule has 0 saturated carbocycles. The van der Waals surface area contributed by atoms with Crippen molar-refractivity contribution in [2.24, 2.45) is 5.92 Å². The van der Waals surface area contributed by atoms with Crippen molar-refractivity contribution in [3.05, 3.63) is 18.1 Å². The molecule has 0 aliphatic rings. The van der Waals surface area contributed by atoms with Crippen molar-refractivity contribution in [3.8, 4) is 11.5 Å². The monoisotopic (exact) mass is 351 g/mol. The minimum Gasteiger partial charge on any atom is -0.469 e. The minimum absolute atomic E-state index is 0.0173. The Balaban J connectivity index is 1.74. The van der Waals surface area contributed by atoms with Gasteiger partial charge in [-0.05, 0) is 32.3 Å². The number of hydrogen-bond donors (Lipinski definition) is 1. The summed E-state index contributed by atoms with van der Waals surface area (Å²) in [6.45, 7) is 8.29. The molecule has 0 radical (unpaired) electrons. The summed E-state index contributed by atoms with van der Waals surface area (Å²) in [6, 6.07) is 1.96. The van der Waals surface area contributed by atoms with Gasteiger partial charge in [-0.3, -0.25) is 4.79 Å². The molecule has 0 aliphatic heterocycles. The largest absolute Gasteiger partial charge is 0.469 e. The molecule has 7 heteroatoms. The summed E-state index contributed by atoms with van der Waals surface area (Å²) >= 11 is 1.24. The Labute approximate surface area is 146 Å². The highest BCUT2D eigenvalue weighted by atomic mass is 32.2. The van der Waals surface area contributed by atoms with Crippen molar-refractivity contribution in [2.45, 2.75) is 58.2 Å². The maximum atomic E-state index is 12.0. The van der Waals surface area contributed by atoms with Crippen LogP contribution in [0.2, 0.25) is 0 Å². The van der Waals surface area contributed by atoms with Gasteiger partial charge in [0.25, 0.3) is 11.1 Å². The van der Waals surface area contributed by atoms with Gasteiger partial charge in [-0.25, -0.2) is 0 Å². The van der Waals surface area contributed by atoms with Crippen molar-refractivity contribution in [2.75, 3.05) is 5.75 Å². The standard InChI is InChI=1S/C17H25N3O3S/c1-11(2)6-5-7-12(3)18-15(21)10-24-17-20-19-16(23-17)14-8-9-22-13(14)4/h8-9,11-12H,5-7,10H2,1-4H3,(H,18,21). The van der Waals surface area contributed by atoms with E-state index >= 15 is 0 Å². The number of amides is 1. The normalized spacial score (nSPS) is 12.5. The highest BCUT2D eigenvalue weighted by molar-refractivity contribution is 7.99. The number of carbonyl (C=O) groups is 1. The molecule has 0 saturated heterocycles. The third-order valence-corrected chi connectivity index (χ3v) is 4.47. The van der Waals surface area contributed by atoms with Gasteiger partial charge < -0.3 is 14.2 Å². The highest BCUT2D eigenvalue weighted by Gasteiger charge is 2.15. The van der Waals surface area contributed by atoms with Crippen LogP contribution in [-0.4, -0.2) is 27.9 Å². The van der Waals surface area contributed by atoms with Gasteiger partial charge in [-0.2, -0.15) is 0 Å². The van der Waals surface area contributed by atoms with E-state index in [1.54, 1.807) is 12.3 Å². The molecule has 2 aromatic rings. The summed E-state index contributed by atoms with van der Waals surface area (Å²) in [6.07, 6.45) is 4.89. The molecule has 2 heterocycles. The molecule has 0 aromatic carbocycles. The lowest BCUT2D eigenvalue weighted by Gasteiger charge is -2.14. The Morgan fingerprint density at radius 2 is 2.08 bits per heavy atom. The summed E-state index contributed by atoms with van der Waals surface area (Å²) < 4.78 is 10.8. The number of hydrogen-bond acceptors (Lipinski definition) is 6. The molecule has 24 heavy (non-hydrogen) atoms. The van der Waals surface area contributed by atoms with Crippen LogP contribution in [0.4, 0.5) is 0 Å². The van der Waals surface area contributed by atoms with Gasteiger partial charge in [-0.1, -0.05) is 38.5 Å². The van der Waals surface area contributed by atoms with E-state index in [4.69, 9.17) is 8.83 Å². The molecule has 6 nitrogen and oxygen atoms in total. The van der Waals surface area contributed by atoms with E-state index in [1.165, 1.54) is 18.2 Å². The Bertz CT molecular complexity index is 651. The average molecular weight is 351 g/mol. The van der Waals surface area contributed by atoms with Crippen molar-refractivity contribution in [1.82, 2.24) is 15.5 Å². The molecule has 1 N–H and O–H groups in total. The summed E-state index contributed by atoms with van der Waals surface area (Å²) in [5.74, 6) is 2.08. The quantitative estimate of drug-likeness (QED) is 0.686. The van der Waals surface area contributed by atoms with E-state index in [0.29, 0.717) is 17.0 Å². The summed E-state index contributed by atoms with van der Waals surface area (Å²) in [5, 5.41) is 11.3. The molecule has 1 atom stereocenters. The summed E-state index contributed by atoms with van der Waals surface area (Å²) in [5.41, 5.74) is 0.776. The maximum absolute atomic E-state index is 12.0. The third-order valence-electron chi connectivity index (χ3n) is 3.65. The second kappa shape index (κ2) is 8.92. The van der Waals surface area contributed by atoms with Gasteiger partial charge >= 0.3 is 0 Å². The van der Waals surface area contributed by atoms with Crippen LogP contribution in [0.3, 0.4) is 0 Å². The van der Waals surface area contributed by atoms with E-state index in [-0.39, 0.29) is 17.7 Å². The Morgan fingerprint density at radius 1 is 1.29 bits per heavy atom. The lowest BCUT2D eigenvalue weighted by atomic mass is 10.0. The fourth-order valence-electron chi connectivity index (χ4n) is 2.33. The number of carbonyl (C=O) groups excluding carboxylic acids is 1. The molecule has 0 fully saturated rings. The van der Waals surface area contributed by atoms with Crippen LogP contribution >= 0.6 is 11.8 Å². The average Bonchev–Trinajstić information content (AvgIpc) is 3.13. The number of nitrogens with zero attached hydrogens (tertiary/aromatic N) is 2. The first-order valence-electron chi connectivity index (χ1n) is 8.25. The lowest BCUT2D eigenvalue weighted by molar-refractivity contribution is -0.119. The number of thioether (sulfide) groups is 1. The molecule has 1 amide bonds. The molecular formula is C17H25N3O3S. The lowest BCUT2D eigenvalue weighted by Crippen LogP contribution is -2.33. The van der Waals surface area contributed by atoms with Crippen LogP contribution < -0.4 is 5.32 Å². The first-order valence-corrected chi connectivity index (χ1v) is 9.24. The first kappa shape index (κ1) is 18.6. The van der Waals surface area contributed by atoms with E-state index < -0.39 is 0 Å². The van der Waals surface area contributed by atoms with Crippen LogP contribution in [0.5, 0.6) is 0 Å². The maximum Gasteiger partial charge on any atom is 0.277 e. The fourth-order valence-corrected chi connectivity index (χ4v) is 2.91. The zero-order chi connectivity index (χ0) is 17.5. The number of furan rings is 1. The predicted octanol–water partition coefficient (Wildman–Crippen LogP) is 4.06. The van der Waals surface area contributed by atoms with E-state index in [2.05, 4.69) is 29.4 Å². The first-order chi connectivity index (χ1) is 11.5. The van der Waals surface area contributed by atoms with E-state index in [9.17, 15) is 4.79 Å². The molecule has 2 rings (SSSR count). The zero-order valence-corrected chi connectivity index (χ0v) is 15.5. The number of rotatable bonds is 9. The van der Waals surface area contributed by atoms with Gasteiger partial charge in [0.15, 0.2) is 0 Å². The SMILES string of the molecule is Cc1occc1-c1nnc(SCC(=O)NC(C)CCCC(C)C)o1. The predicted molar refractivity (Wildman–Crippen MR) is 93.8 cm³/mol. The van der Waals surface area contributed by atoms with Gasteiger partial charge in [0.1, 0.15) is 5.76 Å². The van der Waals surface area contributed by atoms with Crippen LogP contribution in [-0.2, 0) is 4.79 Å². The second-order valence-corrected chi connectivity index (χ2v) is 7.27. The molecule has 0 bridgehead atoms. The molecule has 0 spiro atoms. The van der Waals surface area contributed by atoms with Crippen molar-refractivity contribution >= 4 is 17.7 Å². The third kappa shape index (κ3) is 5.70. The number of aryl methyl sites for hydroxylation is 1. The minimum atomic E-state index is -0.0173. The van der Waals surface area contributed by atoms with Crippen molar-refractivity contribution < 1.29 is 13.6 Å². The Kier molecular flexibility index (Phi) is 6.90. The Morgan fingerprint density at radius 3 is 2.75 bits per heavy atom. The van der Waals surface area contributed by atoms with Crippen LogP contribution in [0.1, 0.15) is 45.8 Å². The molecule has 132 valence electrons. The molecule has 1 unspecified atom stereocenters. The number of aromatic nitrogens is 2. The highest BCUT2D eigenvalue weighted by Crippen LogP contribution is 2.26. The van der Waals surface area contributed by atoms with Crippen LogP contribution in [0.25, 0.3) is 11.5 Å². The molecule has 0 aliphatic carbocycles. The smallest absolute Gasteiger partial charge is 0.277 e. The topological polar surface area (TPSA) is 81.2 Å².